The highest BCUT2D eigenvalue weighted by atomic mass is 16.5. The fourth-order valence-corrected chi connectivity index (χ4v) is 3.65. The van der Waals surface area contributed by atoms with Gasteiger partial charge in [-0.05, 0) is 18.2 Å². The highest BCUT2D eigenvalue weighted by Gasteiger charge is 2.52. The number of aromatic nitrogens is 2. The van der Waals surface area contributed by atoms with Gasteiger partial charge in [-0.25, -0.2) is 4.98 Å². The second kappa shape index (κ2) is 6.80. The predicted octanol–water partition coefficient (Wildman–Crippen LogP) is 1.57. The molecule has 2 aromatic rings. The Morgan fingerprint density at radius 1 is 1.24 bits per heavy atom. The number of fused-ring (bicyclic) bond motifs is 1. The molecule has 0 N–H and O–H groups in total. The van der Waals surface area contributed by atoms with Crippen molar-refractivity contribution in [1.29, 1.82) is 0 Å². The number of carbonyl (C=O) groups is 1. The minimum Gasteiger partial charge on any atom is -0.477 e. The van der Waals surface area contributed by atoms with Gasteiger partial charge in [0.25, 0.3) is 0 Å². The zero-order valence-corrected chi connectivity index (χ0v) is 14.0. The number of pyridine rings is 2. The number of hydrogen-bond acceptors (Lipinski definition) is 5. The molecule has 0 aliphatic carbocycles. The van der Waals surface area contributed by atoms with Gasteiger partial charge in [0.15, 0.2) is 0 Å². The van der Waals surface area contributed by atoms with Gasteiger partial charge >= 0.3 is 0 Å². The quantitative estimate of drug-likeness (QED) is 0.827. The van der Waals surface area contributed by atoms with E-state index in [1.54, 1.807) is 12.4 Å². The molecule has 0 spiro atoms. The Labute approximate surface area is 146 Å². The Bertz CT molecular complexity index is 725. The Hall–Kier alpha value is -2.47. The second-order valence-electron chi connectivity index (χ2n) is 6.80. The monoisotopic (exact) mass is 339 g/mol. The molecular formula is C19H21N3O3. The maximum atomic E-state index is 12.7. The third-order valence-electron chi connectivity index (χ3n) is 5.08. The Morgan fingerprint density at radius 3 is 2.84 bits per heavy atom. The maximum absolute atomic E-state index is 12.7. The van der Waals surface area contributed by atoms with E-state index >= 15 is 0 Å². The van der Waals surface area contributed by atoms with E-state index in [4.69, 9.17) is 9.47 Å². The van der Waals surface area contributed by atoms with Crippen LogP contribution in [0.25, 0.3) is 0 Å². The minimum absolute atomic E-state index is 0.116. The van der Waals surface area contributed by atoms with E-state index in [0.29, 0.717) is 44.6 Å². The van der Waals surface area contributed by atoms with Gasteiger partial charge in [0, 0.05) is 43.2 Å². The number of hydrogen-bond donors (Lipinski definition) is 0. The van der Waals surface area contributed by atoms with E-state index in [9.17, 15) is 4.79 Å². The molecule has 1 amide bonds. The predicted molar refractivity (Wildman–Crippen MR) is 91.0 cm³/mol. The van der Waals surface area contributed by atoms with Gasteiger partial charge in [0.2, 0.25) is 11.8 Å². The van der Waals surface area contributed by atoms with Crippen LogP contribution in [-0.4, -0.2) is 53.7 Å². The maximum Gasteiger partial charge on any atom is 0.228 e. The Kier molecular flexibility index (Phi) is 4.36. The molecule has 2 aliphatic rings. The highest BCUT2D eigenvalue weighted by molar-refractivity contribution is 5.78. The first-order chi connectivity index (χ1) is 12.3. The molecule has 2 saturated heterocycles. The van der Waals surface area contributed by atoms with Crippen LogP contribution < -0.4 is 4.74 Å². The number of nitrogens with zero attached hydrogens (tertiary/aromatic N) is 3. The molecule has 130 valence electrons. The molecule has 0 radical (unpaired) electrons. The first-order valence-corrected chi connectivity index (χ1v) is 8.54. The first kappa shape index (κ1) is 16.0. The van der Waals surface area contributed by atoms with E-state index in [0.717, 1.165) is 12.2 Å². The highest BCUT2D eigenvalue weighted by Crippen LogP contribution is 2.41. The molecule has 4 heterocycles. The fourth-order valence-electron chi connectivity index (χ4n) is 3.65. The largest absolute Gasteiger partial charge is 0.477 e. The van der Waals surface area contributed by atoms with Crippen molar-refractivity contribution in [1.82, 2.24) is 14.9 Å². The van der Waals surface area contributed by atoms with Gasteiger partial charge in [-0.2, -0.15) is 0 Å². The van der Waals surface area contributed by atoms with Gasteiger partial charge in [-0.1, -0.05) is 12.1 Å². The molecule has 0 bridgehead atoms. The van der Waals surface area contributed by atoms with Crippen LogP contribution in [0.1, 0.15) is 5.69 Å². The van der Waals surface area contributed by atoms with Crippen LogP contribution in [0.5, 0.6) is 5.88 Å². The number of likely N-dealkylation sites (tertiary alicyclic amines) is 1. The van der Waals surface area contributed by atoms with Crippen LogP contribution in [0.2, 0.25) is 0 Å². The van der Waals surface area contributed by atoms with Gasteiger partial charge < -0.3 is 14.4 Å². The third-order valence-corrected chi connectivity index (χ3v) is 5.08. The lowest BCUT2D eigenvalue weighted by Gasteiger charge is -2.26. The third kappa shape index (κ3) is 3.35. The molecule has 0 aromatic carbocycles. The number of rotatable bonds is 5. The van der Waals surface area contributed by atoms with Crippen LogP contribution in [0.3, 0.4) is 0 Å². The molecule has 6 nitrogen and oxygen atoms in total. The summed E-state index contributed by atoms with van der Waals surface area (Å²) < 4.78 is 11.6. The molecule has 0 unspecified atom stereocenters. The zero-order valence-electron chi connectivity index (χ0n) is 14.0. The molecule has 0 saturated carbocycles. The molecule has 2 aliphatic heterocycles. The summed E-state index contributed by atoms with van der Waals surface area (Å²) in [4.78, 5) is 23.0. The lowest BCUT2D eigenvalue weighted by atomic mass is 9.82. The second-order valence-corrected chi connectivity index (χ2v) is 6.80. The molecule has 4 rings (SSSR count). The summed E-state index contributed by atoms with van der Waals surface area (Å²) in [6.45, 7) is 3.20. The van der Waals surface area contributed by atoms with E-state index in [2.05, 4.69) is 9.97 Å². The van der Waals surface area contributed by atoms with Crippen LogP contribution >= 0.6 is 0 Å². The van der Waals surface area contributed by atoms with Gasteiger partial charge in [0.1, 0.15) is 0 Å². The topological polar surface area (TPSA) is 64.6 Å². The first-order valence-electron chi connectivity index (χ1n) is 8.54. The van der Waals surface area contributed by atoms with Crippen LogP contribution in [0.15, 0.2) is 48.8 Å². The average molecular weight is 339 g/mol. The summed E-state index contributed by atoms with van der Waals surface area (Å²) in [5, 5.41) is 0. The zero-order chi connectivity index (χ0) is 17.1. The number of amides is 1. The van der Waals surface area contributed by atoms with Crippen molar-refractivity contribution in [2.75, 3.05) is 32.9 Å². The standard InChI is InChI=1S/C19H21N3O3/c23-18(9-16-5-1-3-7-20-16)22-10-15-11-24-13-19(15,12-22)14-25-17-6-2-4-8-21-17/h1-8,15H,9-14H2/t15-,19+/m1/s1. The van der Waals surface area contributed by atoms with E-state index in [1.165, 1.54) is 0 Å². The lowest BCUT2D eigenvalue weighted by Crippen LogP contribution is -2.38. The fraction of sp³-hybridized carbons (Fsp3) is 0.421. The number of carbonyl (C=O) groups excluding carboxylic acids is 1. The van der Waals surface area contributed by atoms with Crippen LogP contribution in [0.4, 0.5) is 0 Å². The van der Waals surface area contributed by atoms with Gasteiger partial charge in [-0.3, -0.25) is 9.78 Å². The average Bonchev–Trinajstić information content (AvgIpc) is 3.19. The van der Waals surface area contributed by atoms with Crippen molar-refractivity contribution in [2.45, 2.75) is 6.42 Å². The van der Waals surface area contributed by atoms with Crippen molar-refractivity contribution < 1.29 is 14.3 Å². The minimum atomic E-state index is -0.142. The van der Waals surface area contributed by atoms with Gasteiger partial charge in [0.05, 0.1) is 31.7 Å². The summed E-state index contributed by atoms with van der Waals surface area (Å²) in [5.41, 5.74) is 0.664. The summed E-state index contributed by atoms with van der Waals surface area (Å²) in [6, 6.07) is 11.3. The van der Waals surface area contributed by atoms with Crippen molar-refractivity contribution in [3.63, 3.8) is 0 Å². The lowest BCUT2D eigenvalue weighted by molar-refractivity contribution is -0.130. The molecular weight excluding hydrogens is 318 g/mol. The molecule has 2 aromatic heterocycles. The van der Waals surface area contributed by atoms with Crippen molar-refractivity contribution in [3.05, 3.63) is 54.5 Å². The van der Waals surface area contributed by atoms with E-state index < -0.39 is 0 Å². The van der Waals surface area contributed by atoms with Crippen molar-refractivity contribution in [2.24, 2.45) is 11.3 Å². The Morgan fingerprint density at radius 2 is 2.08 bits per heavy atom. The van der Waals surface area contributed by atoms with Crippen LogP contribution in [-0.2, 0) is 16.0 Å². The van der Waals surface area contributed by atoms with Crippen molar-refractivity contribution in [3.8, 4) is 5.88 Å². The summed E-state index contributed by atoms with van der Waals surface area (Å²) in [7, 11) is 0. The van der Waals surface area contributed by atoms with Gasteiger partial charge in [-0.15, -0.1) is 0 Å². The molecule has 6 heteroatoms. The summed E-state index contributed by atoms with van der Waals surface area (Å²) >= 11 is 0. The van der Waals surface area contributed by atoms with Crippen molar-refractivity contribution >= 4 is 5.91 Å². The normalized spacial score (nSPS) is 25.0. The van der Waals surface area contributed by atoms with E-state index in [-0.39, 0.29) is 11.3 Å². The SMILES string of the molecule is O=C(Cc1ccccn1)N1C[C@@H]2COC[C@]2(COc2ccccn2)C1. The smallest absolute Gasteiger partial charge is 0.228 e. The molecule has 2 atom stereocenters. The van der Waals surface area contributed by atoms with E-state index in [1.807, 2.05) is 41.3 Å². The summed E-state index contributed by atoms with van der Waals surface area (Å²) in [5.74, 6) is 1.04. The Balaban J connectivity index is 1.41. The molecule has 2 fully saturated rings. The number of ether oxygens (including phenoxy) is 2. The molecule has 25 heavy (non-hydrogen) atoms. The van der Waals surface area contributed by atoms with Crippen LogP contribution in [0, 0.1) is 11.3 Å². The summed E-state index contributed by atoms with van der Waals surface area (Å²) in [6.07, 6.45) is 3.77.